The van der Waals surface area contributed by atoms with E-state index in [1.54, 1.807) is 0 Å². The Hall–Kier alpha value is -1.52. The molecule has 0 aliphatic heterocycles. The van der Waals surface area contributed by atoms with Gasteiger partial charge in [0.2, 0.25) is 0 Å². The van der Waals surface area contributed by atoms with Crippen molar-refractivity contribution in [2.75, 3.05) is 7.11 Å². The molecule has 0 spiro atoms. The molecule has 1 rings (SSSR count). The highest BCUT2D eigenvalue weighted by Crippen LogP contribution is 2.25. The van der Waals surface area contributed by atoms with Crippen molar-refractivity contribution in [2.24, 2.45) is 0 Å². The van der Waals surface area contributed by atoms with Crippen molar-refractivity contribution in [3.63, 3.8) is 0 Å². The second kappa shape index (κ2) is 4.82. The molecular weight excluding hydrogens is 204 g/mol. The van der Waals surface area contributed by atoms with E-state index < -0.39 is 12.4 Å². The van der Waals surface area contributed by atoms with Crippen molar-refractivity contribution in [3.05, 3.63) is 29.1 Å². The Labute approximate surface area is 86.1 Å². The highest BCUT2D eigenvalue weighted by molar-refractivity contribution is 5.72. The minimum atomic E-state index is -2.60. The number of rotatable bonds is 3. The zero-order valence-corrected chi connectivity index (χ0v) is 8.46. The Balaban J connectivity index is 3.06. The third-order valence-corrected chi connectivity index (χ3v) is 2.05. The number of esters is 1. The zero-order valence-electron chi connectivity index (χ0n) is 8.46. The minimum absolute atomic E-state index is 0.129. The zero-order chi connectivity index (χ0) is 11.4. The summed E-state index contributed by atoms with van der Waals surface area (Å²) in [5.41, 5.74) is 0.471. The van der Waals surface area contributed by atoms with Crippen molar-refractivity contribution >= 4 is 5.97 Å². The molecule has 3 nitrogen and oxygen atoms in total. The number of methoxy groups -OCH3 is 1. The van der Waals surface area contributed by atoms with Gasteiger partial charge in [-0.15, -0.1) is 0 Å². The van der Waals surface area contributed by atoms with E-state index in [2.05, 4.69) is 9.72 Å². The summed E-state index contributed by atoms with van der Waals surface area (Å²) in [4.78, 5) is 14.7. The average molecular weight is 215 g/mol. The number of halogens is 2. The van der Waals surface area contributed by atoms with Gasteiger partial charge >= 0.3 is 5.97 Å². The van der Waals surface area contributed by atoms with E-state index in [1.807, 2.05) is 0 Å². The largest absolute Gasteiger partial charge is 0.469 e. The highest BCUT2D eigenvalue weighted by atomic mass is 19.3. The van der Waals surface area contributed by atoms with Crippen LogP contribution in [0.4, 0.5) is 8.78 Å². The number of ether oxygens (including phenoxy) is 1. The Bertz CT molecular complexity index is 366. The minimum Gasteiger partial charge on any atom is -0.469 e. The highest BCUT2D eigenvalue weighted by Gasteiger charge is 2.18. The summed E-state index contributed by atoms with van der Waals surface area (Å²) in [7, 11) is 1.22. The van der Waals surface area contributed by atoms with Crippen molar-refractivity contribution < 1.29 is 18.3 Å². The van der Waals surface area contributed by atoms with Gasteiger partial charge in [-0.2, -0.15) is 0 Å². The predicted molar refractivity (Wildman–Crippen MR) is 49.7 cm³/mol. The van der Waals surface area contributed by atoms with Crippen LogP contribution in [0.1, 0.15) is 23.1 Å². The summed E-state index contributed by atoms with van der Waals surface area (Å²) in [6.07, 6.45) is -0.161. The van der Waals surface area contributed by atoms with Gasteiger partial charge in [0.1, 0.15) is 0 Å². The van der Waals surface area contributed by atoms with Crippen LogP contribution in [0.15, 0.2) is 12.4 Å². The molecule has 0 saturated heterocycles. The van der Waals surface area contributed by atoms with Crippen LogP contribution < -0.4 is 0 Å². The van der Waals surface area contributed by atoms with Crippen LogP contribution in [0, 0.1) is 6.92 Å². The first-order valence-electron chi connectivity index (χ1n) is 4.34. The lowest BCUT2D eigenvalue weighted by atomic mass is 10.0. The predicted octanol–water partition coefficient (Wildman–Crippen LogP) is 2.04. The van der Waals surface area contributed by atoms with Crippen LogP contribution in [0.5, 0.6) is 0 Å². The molecule has 0 aliphatic rings. The Morgan fingerprint density at radius 2 is 2.20 bits per heavy atom. The van der Waals surface area contributed by atoms with Gasteiger partial charge in [0, 0.05) is 18.0 Å². The van der Waals surface area contributed by atoms with E-state index in [-0.39, 0.29) is 17.5 Å². The SMILES string of the molecule is COC(=O)Cc1cncc(C)c1C(F)F. The topological polar surface area (TPSA) is 39.2 Å². The number of hydrogen-bond acceptors (Lipinski definition) is 3. The van der Waals surface area contributed by atoms with Gasteiger partial charge in [-0.1, -0.05) is 0 Å². The molecule has 1 aromatic heterocycles. The number of carbonyl (C=O) groups is 1. The van der Waals surface area contributed by atoms with Crippen LogP contribution in [-0.4, -0.2) is 18.1 Å². The molecule has 1 aromatic rings. The summed E-state index contributed by atoms with van der Waals surface area (Å²) in [6, 6.07) is 0. The fraction of sp³-hybridized carbons (Fsp3) is 0.400. The molecule has 0 bridgehead atoms. The maximum absolute atomic E-state index is 12.7. The molecule has 0 aromatic carbocycles. The fourth-order valence-corrected chi connectivity index (χ4v) is 1.31. The van der Waals surface area contributed by atoms with Gasteiger partial charge in [-0.3, -0.25) is 9.78 Å². The quantitative estimate of drug-likeness (QED) is 0.724. The van der Waals surface area contributed by atoms with Gasteiger partial charge in [-0.05, 0) is 18.1 Å². The van der Waals surface area contributed by atoms with Gasteiger partial charge in [-0.25, -0.2) is 8.78 Å². The van der Waals surface area contributed by atoms with E-state index >= 15 is 0 Å². The lowest BCUT2D eigenvalue weighted by Crippen LogP contribution is -2.08. The average Bonchev–Trinajstić information content (AvgIpc) is 2.17. The first-order chi connectivity index (χ1) is 7.06. The number of alkyl halides is 2. The third-order valence-electron chi connectivity index (χ3n) is 2.05. The van der Waals surface area contributed by atoms with Crippen LogP contribution in [0.3, 0.4) is 0 Å². The molecule has 0 aliphatic carbocycles. The van der Waals surface area contributed by atoms with Crippen LogP contribution in [-0.2, 0) is 16.0 Å². The smallest absolute Gasteiger partial charge is 0.310 e. The second-order valence-electron chi connectivity index (χ2n) is 3.08. The molecule has 0 fully saturated rings. The molecule has 0 unspecified atom stereocenters. The Morgan fingerprint density at radius 3 is 2.73 bits per heavy atom. The van der Waals surface area contributed by atoms with Crippen molar-refractivity contribution in [3.8, 4) is 0 Å². The second-order valence-corrected chi connectivity index (χ2v) is 3.08. The van der Waals surface area contributed by atoms with E-state index in [4.69, 9.17) is 0 Å². The van der Waals surface area contributed by atoms with Gasteiger partial charge in [0.15, 0.2) is 0 Å². The van der Waals surface area contributed by atoms with Crippen molar-refractivity contribution in [2.45, 2.75) is 19.8 Å². The van der Waals surface area contributed by atoms with Gasteiger partial charge in [0.25, 0.3) is 6.43 Å². The molecule has 1 heterocycles. The normalized spacial score (nSPS) is 10.5. The summed E-state index contributed by atoms with van der Waals surface area (Å²) in [5.74, 6) is -0.552. The molecular formula is C10H11F2NO2. The summed E-state index contributed by atoms with van der Waals surface area (Å²) in [6.45, 7) is 1.54. The van der Waals surface area contributed by atoms with Crippen molar-refractivity contribution in [1.29, 1.82) is 0 Å². The Morgan fingerprint density at radius 1 is 1.53 bits per heavy atom. The number of carbonyl (C=O) groups excluding carboxylic acids is 1. The summed E-state index contributed by atoms with van der Waals surface area (Å²) < 4.78 is 29.7. The standard InChI is InChI=1S/C10H11F2NO2/c1-6-4-13-5-7(3-8(14)15-2)9(6)10(11)12/h4-5,10H,3H2,1-2H3. The fourth-order valence-electron chi connectivity index (χ4n) is 1.31. The van der Waals surface area contributed by atoms with Crippen LogP contribution in [0.25, 0.3) is 0 Å². The molecule has 0 atom stereocenters. The molecule has 0 N–H and O–H groups in total. The Kier molecular flexibility index (Phi) is 3.71. The monoisotopic (exact) mass is 215 g/mol. The number of hydrogen-bond donors (Lipinski definition) is 0. The first-order valence-corrected chi connectivity index (χ1v) is 4.34. The molecule has 0 amide bonds. The lowest BCUT2D eigenvalue weighted by Gasteiger charge is -2.09. The molecule has 82 valence electrons. The van der Waals surface area contributed by atoms with Crippen LogP contribution >= 0.6 is 0 Å². The number of pyridine rings is 1. The third kappa shape index (κ3) is 2.71. The van der Waals surface area contributed by atoms with Gasteiger partial charge < -0.3 is 4.74 Å². The van der Waals surface area contributed by atoms with Gasteiger partial charge in [0.05, 0.1) is 13.5 Å². The molecule has 15 heavy (non-hydrogen) atoms. The van der Waals surface area contributed by atoms with E-state index in [0.29, 0.717) is 5.56 Å². The maximum atomic E-state index is 12.7. The lowest BCUT2D eigenvalue weighted by molar-refractivity contribution is -0.139. The van der Waals surface area contributed by atoms with Crippen molar-refractivity contribution in [1.82, 2.24) is 4.98 Å². The summed E-state index contributed by atoms with van der Waals surface area (Å²) >= 11 is 0. The molecule has 0 radical (unpaired) electrons. The molecule has 0 saturated carbocycles. The summed E-state index contributed by atoms with van der Waals surface area (Å²) in [5, 5.41) is 0. The first kappa shape index (κ1) is 11.6. The van der Waals surface area contributed by atoms with E-state index in [1.165, 1.54) is 26.4 Å². The number of aryl methyl sites for hydroxylation is 1. The number of aromatic nitrogens is 1. The van der Waals surface area contributed by atoms with E-state index in [9.17, 15) is 13.6 Å². The van der Waals surface area contributed by atoms with E-state index in [0.717, 1.165) is 0 Å². The molecule has 5 heteroatoms. The van der Waals surface area contributed by atoms with Crippen LogP contribution in [0.2, 0.25) is 0 Å². The number of nitrogens with zero attached hydrogens (tertiary/aromatic N) is 1. The maximum Gasteiger partial charge on any atom is 0.310 e.